The lowest BCUT2D eigenvalue weighted by molar-refractivity contribution is -0.115. The van der Waals surface area contributed by atoms with Gasteiger partial charge in [-0.2, -0.15) is 0 Å². The van der Waals surface area contributed by atoms with E-state index in [0.717, 1.165) is 23.9 Å². The minimum Gasteiger partial charge on any atom is -0.372 e. The normalized spacial score (nSPS) is 13.7. The van der Waals surface area contributed by atoms with E-state index in [9.17, 15) is 18.4 Å². The first-order chi connectivity index (χ1) is 11.9. The number of carbonyl (C=O) groups is 2. The standard InChI is InChI=1S/C18H17F2N3O2/c1-23-7-6-17(24)22-15-9-11(2-5-16(15)23)18(25)21-10-12-8-13(19)3-4-14(12)20/h2-5,8-9H,6-7,10H2,1H3,(H,21,25)(H,22,24). The highest BCUT2D eigenvalue weighted by Crippen LogP contribution is 2.28. The Morgan fingerprint density at radius 2 is 2.04 bits per heavy atom. The second kappa shape index (κ2) is 6.88. The smallest absolute Gasteiger partial charge is 0.251 e. The van der Waals surface area contributed by atoms with E-state index in [1.165, 1.54) is 0 Å². The van der Waals surface area contributed by atoms with Gasteiger partial charge in [0.2, 0.25) is 5.91 Å². The maximum atomic E-state index is 13.6. The van der Waals surface area contributed by atoms with E-state index >= 15 is 0 Å². The van der Waals surface area contributed by atoms with Crippen molar-refractivity contribution in [3.63, 3.8) is 0 Å². The van der Waals surface area contributed by atoms with Crippen molar-refractivity contribution >= 4 is 23.2 Å². The molecule has 5 nitrogen and oxygen atoms in total. The zero-order valence-corrected chi connectivity index (χ0v) is 13.6. The summed E-state index contributed by atoms with van der Waals surface area (Å²) in [6.07, 6.45) is 0.367. The summed E-state index contributed by atoms with van der Waals surface area (Å²) >= 11 is 0. The summed E-state index contributed by atoms with van der Waals surface area (Å²) in [5.41, 5.74) is 1.76. The Hall–Kier alpha value is -2.96. The highest BCUT2D eigenvalue weighted by atomic mass is 19.1. The van der Waals surface area contributed by atoms with Crippen LogP contribution in [0.3, 0.4) is 0 Å². The maximum Gasteiger partial charge on any atom is 0.251 e. The molecule has 0 aliphatic carbocycles. The van der Waals surface area contributed by atoms with Crippen molar-refractivity contribution in [1.29, 1.82) is 0 Å². The molecule has 130 valence electrons. The number of benzene rings is 2. The van der Waals surface area contributed by atoms with E-state index in [-0.39, 0.29) is 18.0 Å². The predicted octanol–water partition coefficient (Wildman–Crippen LogP) is 2.67. The van der Waals surface area contributed by atoms with Gasteiger partial charge in [-0.15, -0.1) is 0 Å². The number of hydrogen-bond donors (Lipinski definition) is 2. The van der Waals surface area contributed by atoms with Crippen molar-refractivity contribution in [3.05, 3.63) is 59.2 Å². The molecule has 1 aliphatic heterocycles. The number of halogens is 2. The fraction of sp³-hybridized carbons (Fsp3) is 0.222. The monoisotopic (exact) mass is 345 g/mol. The maximum absolute atomic E-state index is 13.6. The number of amides is 2. The van der Waals surface area contributed by atoms with Crippen molar-refractivity contribution in [2.75, 3.05) is 23.8 Å². The lowest BCUT2D eigenvalue weighted by Crippen LogP contribution is -2.24. The molecular weight excluding hydrogens is 328 g/mol. The summed E-state index contributed by atoms with van der Waals surface area (Å²) in [5, 5.41) is 5.32. The van der Waals surface area contributed by atoms with Crippen LogP contribution in [0, 0.1) is 11.6 Å². The molecule has 0 aromatic heterocycles. The van der Waals surface area contributed by atoms with E-state index in [4.69, 9.17) is 0 Å². The van der Waals surface area contributed by atoms with Gasteiger partial charge in [0.1, 0.15) is 11.6 Å². The molecule has 0 spiro atoms. The summed E-state index contributed by atoms with van der Waals surface area (Å²) in [7, 11) is 1.87. The lowest BCUT2D eigenvalue weighted by Gasteiger charge is -2.18. The first-order valence-electron chi connectivity index (χ1n) is 7.81. The third-order valence-electron chi connectivity index (χ3n) is 4.07. The van der Waals surface area contributed by atoms with Crippen LogP contribution in [0.15, 0.2) is 36.4 Å². The fourth-order valence-electron chi connectivity index (χ4n) is 2.67. The van der Waals surface area contributed by atoms with Crippen molar-refractivity contribution < 1.29 is 18.4 Å². The third kappa shape index (κ3) is 3.76. The van der Waals surface area contributed by atoms with Gasteiger partial charge in [0, 0.05) is 37.7 Å². The second-order valence-electron chi connectivity index (χ2n) is 5.87. The molecule has 1 aliphatic rings. The average molecular weight is 345 g/mol. The molecule has 0 unspecified atom stereocenters. The molecule has 0 saturated heterocycles. The number of nitrogens with one attached hydrogen (secondary N) is 2. The number of rotatable bonds is 3. The summed E-state index contributed by atoms with van der Waals surface area (Å²) in [5.74, 6) is -1.71. The molecule has 0 atom stereocenters. The number of anilines is 2. The summed E-state index contributed by atoms with van der Waals surface area (Å²) in [4.78, 5) is 26.0. The Balaban J connectivity index is 1.76. The quantitative estimate of drug-likeness (QED) is 0.899. The molecule has 0 radical (unpaired) electrons. The van der Waals surface area contributed by atoms with Gasteiger partial charge < -0.3 is 15.5 Å². The summed E-state index contributed by atoms with van der Waals surface area (Å²) in [6, 6.07) is 8.04. The fourth-order valence-corrected chi connectivity index (χ4v) is 2.67. The van der Waals surface area contributed by atoms with Gasteiger partial charge >= 0.3 is 0 Å². The van der Waals surface area contributed by atoms with Gasteiger partial charge in [-0.1, -0.05) is 0 Å². The van der Waals surface area contributed by atoms with Crippen LogP contribution in [0.2, 0.25) is 0 Å². The number of nitrogens with zero attached hydrogens (tertiary/aromatic N) is 1. The van der Waals surface area contributed by atoms with Crippen molar-refractivity contribution in [3.8, 4) is 0 Å². The van der Waals surface area contributed by atoms with E-state index in [1.807, 2.05) is 11.9 Å². The zero-order chi connectivity index (χ0) is 18.0. The second-order valence-corrected chi connectivity index (χ2v) is 5.87. The molecule has 2 aromatic carbocycles. The van der Waals surface area contributed by atoms with Gasteiger partial charge in [0.25, 0.3) is 5.91 Å². The Morgan fingerprint density at radius 1 is 1.24 bits per heavy atom. The molecule has 1 heterocycles. The predicted molar refractivity (Wildman–Crippen MR) is 90.5 cm³/mol. The van der Waals surface area contributed by atoms with E-state index in [0.29, 0.717) is 24.2 Å². The van der Waals surface area contributed by atoms with Crippen LogP contribution in [0.25, 0.3) is 0 Å². The van der Waals surface area contributed by atoms with Crippen LogP contribution < -0.4 is 15.5 Å². The first-order valence-corrected chi connectivity index (χ1v) is 7.81. The molecule has 0 saturated carbocycles. The molecule has 3 rings (SSSR count). The van der Waals surface area contributed by atoms with Crippen molar-refractivity contribution in [2.45, 2.75) is 13.0 Å². The van der Waals surface area contributed by atoms with Gasteiger partial charge in [-0.05, 0) is 36.4 Å². The van der Waals surface area contributed by atoms with Crippen molar-refractivity contribution in [1.82, 2.24) is 5.32 Å². The van der Waals surface area contributed by atoms with Gasteiger partial charge in [0.05, 0.1) is 11.4 Å². The minimum atomic E-state index is -0.586. The SMILES string of the molecule is CN1CCC(=O)Nc2cc(C(=O)NCc3cc(F)ccc3F)ccc21. The Bertz CT molecular complexity index is 839. The third-order valence-corrected chi connectivity index (χ3v) is 4.07. The Kier molecular flexibility index (Phi) is 4.65. The van der Waals surface area contributed by atoms with Crippen LogP contribution >= 0.6 is 0 Å². The molecule has 2 N–H and O–H groups in total. The molecule has 0 bridgehead atoms. The molecule has 0 fully saturated rings. The van der Waals surface area contributed by atoms with Crippen molar-refractivity contribution in [2.24, 2.45) is 0 Å². The Morgan fingerprint density at radius 3 is 2.84 bits per heavy atom. The minimum absolute atomic E-state index is 0.0659. The zero-order valence-electron chi connectivity index (χ0n) is 13.6. The van der Waals surface area contributed by atoms with Crippen LogP contribution in [-0.4, -0.2) is 25.4 Å². The van der Waals surface area contributed by atoms with Gasteiger partial charge in [0.15, 0.2) is 0 Å². The topological polar surface area (TPSA) is 61.4 Å². The van der Waals surface area contributed by atoms with E-state index < -0.39 is 17.5 Å². The molecule has 2 aromatic rings. The highest BCUT2D eigenvalue weighted by Gasteiger charge is 2.18. The number of fused-ring (bicyclic) bond motifs is 1. The number of carbonyl (C=O) groups excluding carboxylic acids is 2. The van der Waals surface area contributed by atoms with Gasteiger partial charge in [-0.3, -0.25) is 9.59 Å². The molecule has 2 amide bonds. The molecular formula is C18H17F2N3O2. The van der Waals surface area contributed by atoms with E-state index in [1.54, 1.807) is 18.2 Å². The summed E-state index contributed by atoms with van der Waals surface area (Å²) < 4.78 is 26.8. The van der Waals surface area contributed by atoms with Crippen LogP contribution in [0.5, 0.6) is 0 Å². The van der Waals surface area contributed by atoms with Gasteiger partial charge in [-0.25, -0.2) is 8.78 Å². The largest absolute Gasteiger partial charge is 0.372 e. The van der Waals surface area contributed by atoms with Crippen LogP contribution in [0.4, 0.5) is 20.2 Å². The van der Waals surface area contributed by atoms with Crippen LogP contribution in [0.1, 0.15) is 22.3 Å². The first kappa shape index (κ1) is 16.9. The average Bonchev–Trinajstić information content (AvgIpc) is 2.73. The lowest BCUT2D eigenvalue weighted by atomic mass is 10.1. The van der Waals surface area contributed by atoms with Crippen LogP contribution in [-0.2, 0) is 11.3 Å². The number of hydrogen-bond acceptors (Lipinski definition) is 3. The summed E-state index contributed by atoms with van der Waals surface area (Å²) in [6.45, 7) is 0.453. The van der Waals surface area contributed by atoms with E-state index in [2.05, 4.69) is 10.6 Å². The Labute approximate surface area is 143 Å². The molecule has 7 heteroatoms. The molecule has 25 heavy (non-hydrogen) atoms. The highest BCUT2D eigenvalue weighted by molar-refractivity contribution is 6.00.